The van der Waals surface area contributed by atoms with Gasteiger partial charge in [-0.2, -0.15) is 0 Å². The second kappa shape index (κ2) is 10.4. The van der Waals surface area contributed by atoms with Crippen LogP contribution in [0.2, 0.25) is 0 Å². The number of guanidine groups is 1. The van der Waals surface area contributed by atoms with Crippen molar-refractivity contribution in [2.75, 3.05) is 38.1 Å². The standard InChI is InChI=1S/C19H31FN6.HI/c1-14(2)26(16-6-7-16)12-10-23-19(21-3)24-15-8-11-25(13-15)18-17(20)5-4-9-22-18;/h4-5,9,14-16H,6-8,10-13H2,1-3H3,(H2,21,23,24);1H. The number of anilines is 1. The van der Waals surface area contributed by atoms with Gasteiger partial charge in [-0.3, -0.25) is 9.89 Å². The highest BCUT2D eigenvalue weighted by atomic mass is 127. The fourth-order valence-corrected chi connectivity index (χ4v) is 3.64. The molecule has 2 heterocycles. The molecule has 1 unspecified atom stereocenters. The number of halogens is 2. The van der Waals surface area contributed by atoms with Crippen LogP contribution in [0.15, 0.2) is 23.3 Å². The van der Waals surface area contributed by atoms with Crippen LogP contribution in [0.1, 0.15) is 33.1 Å². The first-order chi connectivity index (χ1) is 12.6. The summed E-state index contributed by atoms with van der Waals surface area (Å²) in [6.45, 7) is 7.95. The molecule has 1 aliphatic carbocycles. The molecule has 1 aromatic rings. The van der Waals surface area contributed by atoms with Crippen LogP contribution in [0.4, 0.5) is 10.2 Å². The maximum Gasteiger partial charge on any atom is 0.191 e. The monoisotopic (exact) mass is 490 g/mol. The first kappa shape index (κ1) is 22.1. The summed E-state index contributed by atoms with van der Waals surface area (Å²) >= 11 is 0. The first-order valence-electron chi connectivity index (χ1n) is 9.67. The Balaban J connectivity index is 0.00000261. The first-order valence-corrected chi connectivity index (χ1v) is 9.67. The van der Waals surface area contributed by atoms with Gasteiger partial charge in [-0.15, -0.1) is 24.0 Å². The van der Waals surface area contributed by atoms with E-state index in [1.165, 1.54) is 18.9 Å². The fraction of sp³-hybridized carbons (Fsp3) is 0.684. The van der Waals surface area contributed by atoms with Crippen LogP contribution in [0.25, 0.3) is 0 Å². The van der Waals surface area contributed by atoms with E-state index in [0.717, 1.165) is 44.6 Å². The van der Waals surface area contributed by atoms with Crippen molar-refractivity contribution in [3.05, 3.63) is 24.1 Å². The van der Waals surface area contributed by atoms with Crippen molar-refractivity contribution in [3.8, 4) is 0 Å². The number of hydrogen-bond donors (Lipinski definition) is 2. The molecular formula is C19H32FIN6. The van der Waals surface area contributed by atoms with Crippen LogP contribution in [0.5, 0.6) is 0 Å². The van der Waals surface area contributed by atoms with Crippen LogP contribution in [-0.2, 0) is 0 Å². The third kappa shape index (κ3) is 6.17. The van der Waals surface area contributed by atoms with E-state index in [-0.39, 0.29) is 35.8 Å². The highest BCUT2D eigenvalue weighted by Crippen LogP contribution is 2.28. The molecule has 6 nitrogen and oxygen atoms in total. The minimum atomic E-state index is -0.260. The van der Waals surface area contributed by atoms with Crippen LogP contribution >= 0.6 is 24.0 Å². The van der Waals surface area contributed by atoms with E-state index in [4.69, 9.17) is 0 Å². The molecule has 1 aromatic heterocycles. The Bertz CT molecular complexity index is 620. The minimum absolute atomic E-state index is 0. The van der Waals surface area contributed by atoms with Gasteiger partial charge in [-0.25, -0.2) is 9.37 Å². The number of nitrogens with zero attached hydrogens (tertiary/aromatic N) is 4. The predicted octanol–water partition coefficient (Wildman–Crippen LogP) is 2.46. The molecule has 1 aliphatic heterocycles. The lowest BCUT2D eigenvalue weighted by molar-refractivity contribution is 0.215. The quantitative estimate of drug-likeness (QED) is 0.350. The summed E-state index contributed by atoms with van der Waals surface area (Å²) in [7, 11) is 1.79. The van der Waals surface area contributed by atoms with Crippen molar-refractivity contribution < 1.29 is 4.39 Å². The van der Waals surface area contributed by atoms with Gasteiger partial charge < -0.3 is 15.5 Å². The Hall–Kier alpha value is -1.16. The van der Waals surface area contributed by atoms with Crippen molar-refractivity contribution in [1.82, 2.24) is 20.5 Å². The molecule has 152 valence electrons. The van der Waals surface area contributed by atoms with Gasteiger partial charge in [-0.1, -0.05) is 0 Å². The fourth-order valence-electron chi connectivity index (χ4n) is 3.64. The van der Waals surface area contributed by atoms with E-state index in [1.807, 2.05) is 4.90 Å². The lowest BCUT2D eigenvalue weighted by atomic mass is 10.3. The number of hydrogen-bond acceptors (Lipinski definition) is 4. The maximum absolute atomic E-state index is 13.9. The average molecular weight is 490 g/mol. The smallest absolute Gasteiger partial charge is 0.191 e. The van der Waals surface area contributed by atoms with Gasteiger partial charge in [0.2, 0.25) is 0 Å². The number of rotatable bonds is 7. The van der Waals surface area contributed by atoms with E-state index < -0.39 is 0 Å². The lowest BCUT2D eigenvalue weighted by Gasteiger charge is -2.27. The summed E-state index contributed by atoms with van der Waals surface area (Å²) in [5.41, 5.74) is 0. The molecular weight excluding hydrogens is 458 g/mol. The molecule has 2 N–H and O–H groups in total. The maximum atomic E-state index is 13.9. The van der Waals surface area contributed by atoms with Gasteiger partial charge >= 0.3 is 0 Å². The molecule has 3 rings (SSSR count). The normalized spacial score (nSPS) is 20.1. The third-order valence-corrected chi connectivity index (χ3v) is 5.13. The number of nitrogens with one attached hydrogen (secondary N) is 2. The molecule has 27 heavy (non-hydrogen) atoms. The van der Waals surface area contributed by atoms with Crippen molar-refractivity contribution in [1.29, 1.82) is 0 Å². The van der Waals surface area contributed by atoms with E-state index in [1.54, 1.807) is 19.3 Å². The van der Waals surface area contributed by atoms with Crippen molar-refractivity contribution in [2.45, 2.75) is 51.2 Å². The number of aromatic nitrogens is 1. The zero-order valence-electron chi connectivity index (χ0n) is 16.5. The van der Waals surface area contributed by atoms with Crippen LogP contribution < -0.4 is 15.5 Å². The Morgan fingerprint density at radius 2 is 2.19 bits per heavy atom. The van der Waals surface area contributed by atoms with Gasteiger partial charge in [0.15, 0.2) is 17.6 Å². The summed E-state index contributed by atoms with van der Waals surface area (Å²) < 4.78 is 13.9. The highest BCUT2D eigenvalue weighted by molar-refractivity contribution is 14.0. The molecule has 1 saturated carbocycles. The zero-order valence-corrected chi connectivity index (χ0v) is 18.8. The van der Waals surface area contributed by atoms with Crippen LogP contribution in [0, 0.1) is 5.82 Å². The summed E-state index contributed by atoms with van der Waals surface area (Å²) in [4.78, 5) is 13.1. The van der Waals surface area contributed by atoms with Gasteiger partial charge in [0.1, 0.15) is 0 Å². The molecule has 0 aromatic carbocycles. The van der Waals surface area contributed by atoms with Crippen molar-refractivity contribution in [2.24, 2.45) is 4.99 Å². The number of aliphatic imine (C=N–C) groups is 1. The van der Waals surface area contributed by atoms with Gasteiger partial charge in [-0.05, 0) is 45.2 Å². The molecule has 0 spiro atoms. The predicted molar refractivity (Wildman–Crippen MR) is 120 cm³/mol. The summed E-state index contributed by atoms with van der Waals surface area (Å²) in [6, 6.07) is 4.68. The zero-order chi connectivity index (χ0) is 18.5. The average Bonchev–Trinajstić information content (AvgIpc) is 3.36. The summed E-state index contributed by atoms with van der Waals surface area (Å²) in [6.07, 6.45) is 5.23. The van der Waals surface area contributed by atoms with Crippen molar-refractivity contribution >= 4 is 35.8 Å². The second-order valence-corrected chi connectivity index (χ2v) is 7.45. The van der Waals surface area contributed by atoms with Crippen LogP contribution in [0.3, 0.4) is 0 Å². The molecule has 0 amide bonds. The Labute approximate surface area is 179 Å². The Morgan fingerprint density at radius 1 is 1.41 bits per heavy atom. The van der Waals surface area contributed by atoms with Gasteiger partial charge in [0.25, 0.3) is 0 Å². The number of pyridine rings is 1. The summed E-state index contributed by atoms with van der Waals surface area (Å²) in [5, 5.41) is 6.88. The third-order valence-electron chi connectivity index (χ3n) is 5.13. The summed E-state index contributed by atoms with van der Waals surface area (Å²) in [5.74, 6) is 0.999. The van der Waals surface area contributed by atoms with Gasteiger partial charge in [0, 0.05) is 57.5 Å². The van der Waals surface area contributed by atoms with E-state index in [9.17, 15) is 4.39 Å². The second-order valence-electron chi connectivity index (χ2n) is 7.45. The lowest BCUT2D eigenvalue weighted by Crippen LogP contribution is -2.47. The molecule has 1 atom stereocenters. The topological polar surface area (TPSA) is 55.8 Å². The van der Waals surface area contributed by atoms with E-state index in [0.29, 0.717) is 11.9 Å². The Kier molecular flexibility index (Phi) is 8.53. The van der Waals surface area contributed by atoms with E-state index in [2.05, 4.69) is 39.4 Å². The van der Waals surface area contributed by atoms with Crippen molar-refractivity contribution in [3.63, 3.8) is 0 Å². The molecule has 2 fully saturated rings. The largest absolute Gasteiger partial charge is 0.355 e. The molecule has 2 aliphatic rings. The highest BCUT2D eigenvalue weighted by Gasteiger charge is 2.30. The van der Waals surface area contributed by atoms with Crippen LogP contribution in [-0.4, -0.2) is 67.2 Å². The molecule has 0 bridgehead atoms. The van der Waals surface area contributed by atoms with Gasteiger partial charge in [0.05, 0.1) is 0 Å². The Morgan fingerprint density at radius 3 is 2.81 bits per heavy atom. The molecule has 0 radical (unpaired) electrons. The SMILES string of the molecule is CN=C(NCCN(C(C)C)C1CC1)NC1CCN(c2ncccc2F)C1.I. The van der Waals surface area contributed by atoms with E-state index >= 15 is 0 Å². The molecule has 8 heteroatoms. The minimum Gasteiger partial charge on any atom is -0.355 e. The molecule has 1 saturated heterocycles.